The molecule has 1 N–H and O–H groups in total. The van der Waals surface area contributed by atoms with E-state index in [0.717, 1.165) is 12.8 Å². The number of hydrogen-bond donors (Lipinski definition) is 1. The van der Waals surface area contributed by atoms with Gasteiger partial charge in [0.2, 0.25) is 0 Å². The maximum atomic E-state index is 11.6. The summed E-state index contributed by atoms with van der Waals surface area (Å²) >= 11 is 0. The summed E-state index contributed by atoms with van der Waals surface area (Å²) in [6, 6.07) is 0. The number of nitrogens with one attached hydrogen (secondary N) is 1. The van der Waals surface area contributed by atoms with Crippen molar-refractivity contribution in [3.8, 4) is 0 Å². The van der Waals surface area contributed by atoms with E-state index in [-0.39, 0.29) is 0 Å². The molecule has 0 saturated heterocycles. The first-order valence-corrected chi connectivity index (χ1v) is 3.85. The molecule has 0 heterocycles. The minimum absolute atomic E-state index is 0.498. The van der Waals surface area contributed by atoms with Gasteiger partial charge in [0, 0.05) is 0 Å². The van der Waals surface area contributed by atoms with Crippen molar-refractivity contribution in [3.05, 3.63) is 0 Å². The van der Waals surface area contributed by atoms with Crippen LogP contribution in [0.15, 0.2) is 0 Å². The molecule has 0 bridgehead atoms. The summed E-state index contributed by atoms with van der Waals surface area (Å²) in [7, 11) is 0. The molecule has 0 radical (unpaired) electrons. The van der Waals surface area contributed by atoms with Gasteiger partial charge in [-0.05, 0) is 25.3 Å². The molecule has 0 aromatic carbocycles. The molecule has 0 amide bonds. The molecule has 1 saturated carbocycles. The van der Waals surface area contributed by atoms with Gasteiger partial charge in [0.05, 0.1) is 6.54 Å². The molecule has 1 fully saturated rings. The van der Waals surface area contributed by atoms with Crippen LogP contribution in [0.1, 0.15) is 19.3 Å². The molecule has 1 aliphatic rings. The Kier molecular flexibility index (Phi) is 2.76. The minimum atomic E-state index is -4.05. The molecular formula is C7H12F3N. The van der Waals surface area contributed by atoms with Gasteiger partial charge in [-0.3, -0.25) is 0 Å². The summed E-state index contributed by atoms with van der Waals surface area (Å²) in [4.78, 5) is 0. The highest BCUT2D eigenvalue weighted by Gasteiger charge is 2.27. The van der Waals surface area contributed by atoms with E-state index in [4.69, 9.17) is 0 Å². The fourth-order valence-electron chi connectivity index (χ4n) is 1.11. The molecule has 1 nitrogen and oxygen atoms in total. The van der Waals surface area contributed by atoms with Crippen LogP contribution in [0.2, 0.25) is 0 Å². The molecule has 0 aliphatic heterocycles. The van der Waals surface area contributed by atoms with Crippen LogP contribution in [0.4, 0.5) is 13.2 Å². The lowest BCUT2D eigenvalue weighted by Crippen LogP contribution is -2.34. The lowest BCUT2D eigenvalue weighted by molar-refractivity contribution is -0.125. The number of rotatable bonds is 3. The molecule has 0 atom stereocenters. The van der Waals surface area contributed by atoms with Crippen LogP contribution in [-0.4, -0.2) is 19.3 Å². The Morgan fingerprint density at radius 2 is 1.91 bits per heavy atom. The minimum Gasteiger partial charge on any atom is -0.308 e. The van der Waals surface area contributed by atoms with Crippen molar-refractivity contribution in [2.24, 2.45) is 5.92 Å². The third-order valence-electron chi connectivity index (χ3n) is 1.98. The highest BCUT2D eigenvalue weighted by Crippen LogP contribution is 2.25. The molecule has 0 spiro atoms. The lowest BCUT2D eigenvalue weighted by Gasteiger charge is -2.25. The second-order valence-electron chi connectivity index (χ2n) is 3.04. The van der Waals surface area contributed by atoms with E-state index in [2.05, 4.69) is 5.32 Å². The zero-order chi connectivity index (χ0) is 8.32. The molecule has 0 aromatic heterocycles. The highest BCUT2D eigenvalue weighted by molar-refractivity contribution is 4.72. The molecule has 1 rings (SSSR count). The van der Waals surface area contributed by atoms with E-state index in [1.165, 1.54) is 6.42 Å². The lowest BCUT2D eigenvalue weighted by atomic mass is 9.85. The van der Waals surface area contributed by atoms with Crippen molar-refractivity contribution in [2.45, 2.75) is 25.4 Å². The molecule has 0 aromatic rings. The van der Waals surface area contributed by atoms with Crippen LogP contribution in [0, 0.1) is 5.92 Å². The van der Waals surface area contributed by atoms with E-state index in [1.54, 1.807) is 0 Å². The second kappa shape index (κ2) is 3.43. The van der Waals surface area contributed by atoms with E-state index >= 15 is 0 Å². The van der Waals surface area contributed by atoms with Gasteiger partial charge in [0.25, 0.3) is 0 Å². The number of hydrogen-bond acceptors (Lipinski definition) is 1. The van der Waals surface area contributed by atoms with Crippen molar-refractivity contribution in [1.82, 2.24) is 5.32 Å². The average Bonchev–Trinajstić information content (AvgIpc) is 1.73. The summed E-state index contributed by atoms with van der Waals surface area (Å²) < 4.78 is 34.7. The maximum absolute atomic E-state index is 11.6. The van der Waals surface area contributed by atoms with E-state index < -0.39 is 12.7 Å². The Labute approximate surface area is 64.0 Å². The van der Waals surface area contributed by atoms with Crippen molar-refractivity contribution >= 4 is 0 Å². The van der Waals surface area contributed by atoms with Gasteiger partial charge >= 0.3 is 6.18 Å². The zero-order valence-corrected chi connectivity index (χ0v) is 6.25. The summed E-state index contributed by atoms with van der Waals surface area (Å²) in [5.41, 5.74) is 0. The topological polar surface area (TPSA) is 12.0 Å². The van der Waals surface area contributed by atoms with E-state index in [9.17, 15) is 13.2 Å². The first-order valence-electron chi connectivity index (χ1n) is 3.85. The van der Waals surface area contributed by atoms with E-state index in [0.29, 0.717) is 12.5 Å². The summed E-state index contributed by atoms with van der Waals surface area (Å²) in [5.74, 6) is 0.498. The molecular weight excluding hydrogens is 155 g/mol. The highest BCUT2D eigenvalue weighted by atomic mass is 19.4. The second-order valence-corrected chi connectivity index (χ2v) is 3.04. The van der Waals surface area contributed by atoms with Crippen LogP contribution < -0.4 is 5.32 Å². The Balaban J connectivity index is 1.95. The Bertz CT molecular complexity index is 117. The maximum Gasteiger partial charge on any atom is 0.401 e. The van der Waals surface area contributed by atoms with Gasteiger partial charge in [-0.2, -0.15) is 13.2 Å². The Morgan fingerprint density at radius 1 is 1.27 bits per heavy atom. The largest absolute Gasteiger partial charge is 0.401 e. The summed E-state index contributed by atoms with van der Waals surface area (Å²) in [5, 5.41) is 2.40. The summed E-state index contributed by atoms with van der Waals surface area (Å²) in [6.45, 7) is -0.316. The van der Waals surface area contributed by atoms with Crippen LogP contribution in [-0.2, 0) is 0 Å². The first kappa shape index (κ1) is 8.84. The first-order chi connectivity index (χ1) is 5.08. The quantitative estimate of drug-likeness (QED) is 0.677. The SMILES string of the molecule is FC(F)(F)CNCC1CCC1. The van der Waals surface area contributed by atoms with Crippen molar-refractivity contribution in [2.75, 3.05) is 13.1 Å². The molecule has 66 valence electrons. The van der Waals surface area contributed by atoms with Crippen LogP contribution in [0.25, 0.3) is 0 Å². The predicted molar refractivity (Wildman–Crippen MR) is 36.3 cm³/mol. The monoisotopic (exact) mass is 167 g/mol. The standard InChI is InChI=1S/C7H12F3N/c8-7(9,10)5-11-4-6-2-1-3-6/h6,11H,1-5H2. The van der Waals surface area contributed by atoms with Gasteiger partial charge in [-0.25, -0.2) is 0 Å². The van der Waals surface area contributed by atoms with Crippen molar-refractivity contribution in [1.29, 1.82) is 0 Å². The Hall–Kier alpha value is -0.250. The molecule has 4 heteroatoms. The van der Waals surface area contributed by atoms with Gasteiger partial charge in [-0.15, -0.1) is 0 Å². The van der Waals surface area contributed by atoms with Crippen molar-refractivity contribution < 1.29 is 13.2 Å². The Morgan fingerprint density at radius 3 is 2.27 bits per heavy atom. The van der Waals surface area contributed by atoms with Crippen molar-refractivity contribution in [3.63, 3.8) is 0 Å². The third kappa shape index (κ3) is 3.60. The zero-order valence-electron chi connectivity index (χ0n) is 6.25. The number of alkyl halides is 3. The molecule has 1 aliphatic carbocycles. The number of halogens is 3. The fourth-order valence-corrected chi connectivity index (χ4v) is 1.11. The summed E-state index contributed by atoms with van der Waals surface area (Å²) in [6.07, 6.45) is -0.697. The molecule has 11 heavy (non-hydrogen) atoms. The normalized spacial score (nSPS) is 19.9. The van der Waals surface area contributed by atoms with Crippen LogP contribution in [0.5, 0.6) is 0 Å². The predicted octanol–water partition coefficient (Wildman–Crippen LogP) is 1.94. The van der Waals surface area contributed by atoms with Gasteiger partial charge < -0.3 is 5.32 Å². The molecule has 0 unspecified atom stereocenters. The fraction of sp³-hybridized carbons (Fsp3) is 1.00. The van der Waals surface area contributed by atoms with E-state index in [1.807, 2.05) is 0 Å². The average molecular weight is 167 g/mol. The van der Waals surface area contributed by atoms with Gasteiger partial charge in [0.1, 0.15) is 0 Å². The van der Waals surface area contributed by atoms with Crippen LogP contribution >= 0.6 is 0 Å². The van der Waals surface area contributed by atoms with Gasteiger partial charge in [0.15, 0.2) is 0 Å². The smallest absolute Gasteiger partial charge is 0.308 e. The third-order valence-corrected chi connectivity index (χ3v) is 1.98. The van der Waals surface area contributed by atoms with Crippen LogP contribution in [0.3, 0.4) is 0 Å². The van der Waals surface area contributed by atoms with Gasteiger partial charge in [-0.1, -0.05) is 6.42 Å².